The lowest BCUT2D eigenvalue weighted by atomic mass is 10.0. The first-order valence-corrected chi connectivity index (χ1v) is 7.19. The Morgan fingerprint density at radius 3 is 2.59 bits per heavy atom. The molecule has 110 valence electrons. The maximum absolute atomic E-state index is 12.4. The zero-order valence-corrected chi connectivity index (χ0v) is 12.3. The fraction of sp³-hybridized carbons (Fsp3) is 0.222. The molecule has 2 aromatic rings. The Hall–Kier alpha value is -2.80. The number of rotatable bonds is 3. The van der Waals surface area contributed by atoms with Gasteiger partial charge in [0.25, 0.3) is 5.91 Å². The van der Waals surface area contributed by atoms with Crippen LogP contribution in [0.4, 0.5) is 0 Å². The fourth-order valence-corrected chi connectivity index (χ4v) is 2.48. The van der Waals surface area contributed by atoms with E-state index in [0.717, 1.165) is 11.3 Å². The highest BCUT2D eigenvalue weighted by molar-refractivity contribution is 5.97. The van der Waals surface area contributed by atoms with Gasteiger partial charge in [0.05, 0.1) is 30.3 Å². The van der Waals surface area contributed by atoms with Crippen molar-refractivity contribution in [2.24, 2.45) is 0 Å². The molecule has 0 aromatic heterocycles. The van der Waals surface area contributed by atoms with E-state index >= 15 is 0 Å². The highest BCUT2D eigenvalue weighted by Gasteiger charge is 2.33. The highest BCUT2D eigenvalue weighted by atomic mass is 16.5. The monoisotopic (exact) mass is 292 g/mol. The second-order valence-electron chi connectivity index (χ2n) is 5.37. The first kappa shape index (κ1) is 14.2. The molecule has 1 amide bonds. The van der Waals surface area contributed by atoms with E-state index in [0.29, 0.717) is 24.2 Å². The SMILES string of the molecule is Cc1ccccc1OC1CN(C(=O)c2ccccc2C#N)C1. The van der Waals surface area contributed by atoms with Crippen LogP contribution < -0.4 is 4.74 Å². The summed E-state index contributed by atoms with van der Waals surface area (Å²) < 4.78 is 5.90. The molecular weight excluding hydrogens is 276 g/mol. The number of benzene rings is 2. The summed E-state index contributed by atoms with van der Waals surface area (Å²) in [6.45, 7) is 3.10. The Morgan fingerprint density at radius 1 is 1.18 bits per heavy atom. The van der Waals surface area contributed by atoms with Crippen molar-refractivity contribution in [2.75, 3.05) is 13.1 Å². The molecule has 4 heteroatoms. The number of carbonyl (C=O) groups excluding carboxylic acids is 1. The Labute approximate surface area is 129 Å². The van der Waals surface area contributed by atoms with Crippen molar-refractivity contribution < 1.29 is 9.53 Å². The number of nitriles is 1. The molecule has 0 unspecified atom stereocenters. The third-order valence-electron chi connectivity index (χ3n) is 3.80. The molecule has 1 fully saturated rings. The number of aryl methyl sites for hydroxylation is 1. The molecule has 1 heterocycles. The van der Waals surface area contributed by atoms with Crippen molar-refractivity contribution in [1.82, 2.24) is 4.90 Å². The second-order valence-corrected chi connectivity index (χ2v) is 5.37. The summed E-state index contributed by atoms with van der Waals surface area (Å²) in [6.07, 6.45) is 0.0132. The van der Waals surface area contributed by atoms with E-state index in [1.165, 1.54) is 0 Å². The van der Waals surface area contributed by atoms with Gasteiger partial charge in [0.2, 0.25) is 0 Å². The summed E-state index contributed by atoms with van der Waals surface area (Å²) in [5.41, 5.74) is 1.96. The van der Waals surface area contributed by atoms with Gasteiger partial charge in [0.1, 0.15) is 11.9 Å². The van der Waals surface area contributed by atoms with Crippen LogP contribution in [0.25, 0.3) is 0 Å². The summed E-state index contributed by atoms with van der Waals surface area (Å²) in [5.74, 6) is 0.749. The van der Waals surface area contributed by atoms with Crippen molar-refractivity contribution in [3.63, 3.8) is 0 Å². The first-order valence-electron chi connectivity index (χ1n) is 7.19. The van der Waals surface area contributed by atoms with E-state index in [2.05, 4.69) is 6.07 Å². The topological polar surface area (TPSA) is 53.3 Å². The van der Waals surface area contributed by atoms with Crippen LogP contribution in [0.5, 0.6) is 5.75 Å². The zero-order valence-electron chi connectivity index (χ0n) is 12.3. The lowest BCUT2D eigenvalue weighted by molar-refractivity contribution is 0.0175. The van der Waals surface area contributed by atoms with Crippen LogP contribution in [-0.2, 0) is 0 Å². The molecule has 0 spiro atoms. The lowest BCUT2D eigenvalue weighted by Gasteiger charge is -2.39. The van der Waals surface area contributed by atoms with Gasteiger partial charge in [-0.05, 0) is 30.7 Å². The van der Waals surface area contributed by atoms with Gasteiger partial charge in [-0.25, -0.2) is 0 Å². The highest BCUT2D eigenvalue weighted by Crippen LogP contribution is 2.23. The Kier molecular flexibility index (Phi) is 3.80. The van der Waals surface area contributed by atoms with Gasteiger partial charge in [0.15, 0.2) is 0 Å². The maximum Gasteiger partial charge on any atom is 0.255 e. The number of ether oxygens (including phenoxy) is 1. The molecule has 0 bridgehead atoms. The molecule has 22 heavy (non-hydrogen) atoms. The number of hydrogen-bond donors (Lipinski definition) is 0. The number of para-hydroxylation sites is 1. The molecule has 1 aliphatic rings. The van der Waals surface area contributed by atoms with Gasteiger partial charge in [-0.1, -0.05) is 30.3 Å². The molecule has 0 aliphatic carbocycles. The summed E-state index contributed by atoms with van der Waals surface area (Å²) in [5, 5.41) is 9.07. The minimum absolute atomic E-state index is 0.0132. The second kappa shape index (κ2) is 5.90. The van der Waals surface area contributed by atoms with Crippen molar-refractivity contribution in [3.05, 3.63) is 65.2 Å². The molecule has 0 atom stereocenters. The Balaban J connectivity index is 1.63. The summed E-state index contributed by atoms with van der Waals surface area (Å²) in [7, 11) is 0. The van der Waals surface area contributed by atoms with Crippen LogP contribution in [0.1, 0.15) is 21.5 Å². The van der Waals surface area contributed by atoms with E-state index in [9.17, 15) is 4.79 Å². The van der Waals surface area contributed by atoms with Crippen LogP contribution >= 0.6 is 0 Å². The Bertz CT molecular complexity index is 743. The van der Waals surface area contributed by atoms with E-state index in [4.69, 9.17) is 10.00 Å². The molecule has 0 radical (unpaired) electrons. The molecule has 1 saturated heterocycles. The Morgan fingerprint density at radius 2 is 1.86 bits per heavy atom. The predicted octanol–water partition coefficient (Wildman–Crippen LogP) is 2.77. The van der Waals surface area contributed by atoms with Crippen LogP contribution in [0.2, 0.25) is 0 Å². The largest absolute Gasteiger partial charge is 0.486 e. The van der Waals surface area contributed by atoms with Gasteiger partial charge in [-0.3, -0.25) is 4.79 Å². The van der Waals surface area contributed by atoms with E-state index in [1.54, 1.807) is 29.2 Å². The van der Waals surface area contributed by atoms with Gasteiger partial charge in [-0.2, -0.15) is 5.26 Å². The number of nitrogens with zero attached hydrogens (tertiary/aromatic N) is 2. The normalized spacial score (nSPS) is 14.1. The van der Waals surface area contributed by atoms with Gasteiger partial charge >= 0.3 is 0 Å². The lowest BCUT2D eigenvalue weighted by Crippen LogP contribution is -2.56. The molecule has 2 aromatic carbocycles. The molecular formula is C18H16N2O2. The number of amides is 1. The average molecular weight is 292 g/mol. The van der Waals surface area contributed by atoms with Crippen molar-refractivity contribution >= 4 is 5.91 Å². The molecule has 0 saturated carbocycles. The summed E-state index contributed by atoms with van der Waals surface area (Å²) in [4.78, 5) is 14.1. The number of carbonyl (C=O) groups is 1. The summed E-state index contributed by atoms with van der Waals surface area (Å²) >= 11 is 0. The number of hydrogen-bond acceptors (Lipinski definition) is 3. The zero-order chi connectivity index (χ0) is 15.5. The quantitative estimate of drug-likeness (QED) is 0.874. The summed E-state index contributed by atoms with van der Waals surface area (Å²) in [6, 6.07) is 16.8. The van der Waals surface area contributed by atoms with Gasteiger partial charge in [-0.15, -0.1) is 0 Å². The smallest absolute Gasteiger partial charge is 0.255 e. The standard InChI is InChI=1S/C18H16N2O2/c1-13-6-2-5-9-17(13)22-15-11-20(12-15)18(21)16-8-4-3-7-14(16)10-19/h2-9,15H,11-12H2,1H3. The third kappa shape index (κ3) is 2.66. The van der Waals surface area contributed by atoms with Crippen molar-refractivity contribution in [3.8, 4) is 11.8 Å². The molecule has 1 aliphatic heterocycles. The number of likely N-dealkylation sites (tertiary alicyclic amines) is 1. The van der Waals surface area contributed by atoms with E-state index in [1.807, 2.05) is 31.2 Å². The van der Waals surface area contributed by atoms with Gasteiger partial charge < -0.3 is 9.64 Å². The predicted molar refractivity (Wildman–Crippen MR) is 82.7 cm³/mol. The average Bonchev–Trinajstić information content (AvgIpc) is 2.51. The fourth-order valence-electron chi connectivity index (χ4n) is 2.48. The molecule has 4 nitrogen and oxygen atoms in total. The van der Waals surface area contributed by atoms with Crippen LogP contribution in [0.15, 0.2) is 48.5 Å². The minimum Gasteiger partial charge on any atom is -0.486 e. The van der Waals surface area contributed by atoms with E-state index < -0.39 is 0 Å². The molecule has 0 N–H and O–H groups in total. The maximum atomic E-state index is 12.4. The van der Waals surface area contributed by atoms with Gasteiger partial charge in [0, 0.05) is 0 Å². The minimum atomic E-state index is -0.109. The van der Waals surface area contributed by atoms with Crippen molar-refractivity contribution in [2.45, 2.75) is 13.0 Å². The third-order valence-corrected chi connectivity index (χ3v) is 3.80. The van der Waals surface area contributed by atoms with Crippen LogP contribution in [0, 0.1) is 18.3 Å². The molecule has 3 rings (SSSR count). The van der Waals surface area contributed by atoms with E-state index in [-0.39, 0.29) is 12.0 Å². The first-order chi connectivity index (χ1) is 10.7. The van der Waals surface area contributed by atoms with Crippen LogP contribution in [-0.4, -0.2) is 30.0 Å². The van der Waals surface area contributed by atoms with Crippen LogP contribution in [0.3, 0.4) is 0 Å². The van der Waals surface area contributed by atoms with Crippen molar-refractivity contribution in [1.29, 1.82) is 5.26 Å².